The van der Waals surface area contributed by atoms with Gasteiger partial charge in [0.2, 0.25) is 10.0 Å². The zero-order valence-corrected chi connectivity index (χ0v) is 12.6. The molecule has 0 spiro atoms. The number of carbonyl (C=O) groups excluding carboxylic acids is 1. The van der Waals surface area contributed by atoms with Crippen LogP contribution in [-0.2, 0) is 14.8 Å². The first-order valence-corrected chi connectivity index (χ1v) is 8.56. The molecule has 5 heteroatoms. The molecule has 1 aliphatic rings. The molecule has 0 unspecified atom stereocenters. The number of benzene rings is 1. The normalized spacial score (nSPS) is 17.1. The number of carbonyl (C=O) groups is 1. The third kappa shape index (κ3) is 3.90. The molecule has 1 aromatic rings. The van der Waals surface area contributed by atoms with Gasteiger partial charge in [-0.05, 0) is 31.9 Å². The summed E-state index contributed by atoms with van der Waals surface area (Å²) in [7, 11) is -3.58. The quantitative estimate of drug-likeness (QED) is 0.907. The van der Waals surface area contributed by atoms with Gasteiger partial charge in [-0.2, -0.15) is 0 Å². The standard InChI is InChI=1S/C15H21NO3S/c1-12-7-9-14(10-8-12)20(18,19)16-11-15(17)13-5-3-2-4-6-13/h7-10,13,16H,2-6,11H2,1H3. The van der Waals surface area contributed by atoms with Crippen molar-refractivity contribution in [3.05, 3.63) is 29.8 Å². The Kier molecular flexibility index (Phi) is 4.94. The SMILES string of the molecule is Cc1ccc(S(=O)(=O)NCC(=O)C2CCCCC2)cc1. The fourth-order valence-electron chi connectivity index (χ4n) is 2.54. The van der Waals surface area contributed by atoms with Crippen LogP contribution in [0.25, 0.3) is 0 Å². The number of hydrogen-bond donors (Lipinski definition) is 1. The van der Waals surface area contributed by atoms with E-state index in [2.05, 4.69) is 4.72 Å². The van der Waals surface area contributed by atoms with Crippen LogP contribution in [0.1, 0.15) is 37.7 Å². The number of Topliss-reactive ketones (excluding diaryl/α,β-unsaturated/α-hetero) is 1. The lowest BCUT2D eigenvalue weighted by Crippen LogP contribution is -2.33. The van der Waals surface area contributed by atoms with Gasteiger partial charge in [0.05, 0.1) is 11.4 Å². The molecule has 0 aliphatic heterocycles. The van der Waals surface area contributed by atoms with Gasteiger partial charge in [-0.15, -0.1) is 0 Å². The van der Waals surface area contributed by atoms with E-state index in [0.717, 1.165) is 31.2 Å². The second kappa shape index (κ2) is 6.50. The van der Waals surface area contributed by atoms with Crippen molar-refractivity contribution < 1.29 is 13.2 Å². The van der Waals surface area contributed by atoms with Gasteiger partial charge in [0.25, 0.3) is 0 Å². The van der Waals surface area contributed by atoms with Crippen molar-refractivity contribution in [3.63, 3.8) is 0 Å². The van der Waals surface area contributed by atoms with Crippen molar-refractivity contribution in [1.82, 2.24) is 4.72 Å². The molecule has 1 N–H and O–H groups in total. The lowest BCUT2D eigenvalue weighted by Gasteiger charge is -2.20. The molecule has 0 radical (unpaired) electrons. The van der Waals surface area contributed by atoms with E-state index in [1.807, 2.05) is 6.92 Å². The monoisotopic (exact) mass is 295 g/mol. The fourth-order valence-corrected chi connectivity index (χ4v) is 3.53. The van der Waals surface area contributed by atoms with Gasteiger partial charge < -0.3 is 0 Å². The summed E-state index contributed by atoms with van der Waals surface area (Å²) in [4.78, 5) is 12.2. The Bertz CT molecular complexity index is 557. The molecule has 0 saturated heterocycles. The van der Waals surface area contributed by atoms with Gasteiger partial charge >= 0.3 is 0 Å². The van der Waals surface area contributed by atoms with Crippen molar-refractivity contribution in [1.29, 1.82) is 0 Å². The molecule has 0 aromatic heterocycles. The van der Waals surface area contributed by atoms with E-state index in [1.54, 1.807) is 24.3 Å². The predicted octanol–water partition coefficient (Wildman–Crippen LogP) is 2.42. The van der Waals surface area contributed by atoms with Crippen LogP contribution in [0, 0.1) is 12.8 Å². The second-order valence-electron chi connectivity index (χ2n) is 5.44. The zero-order valence-electron chi connectivity index (χ0n) is 11.8. The van der Waals surface area contributed by atoms with Crippen molar-refractivity contribution in [3.8, 4) is 0 Å². The maximum absolute atomic E-state index is 12.1. The Labute approximate surface area is 120 Å². The van der Waals surface area contributed by atoms with Gasteiger partial charge in [-0.1, -0.05) is 37.0 Å². The highest BCUT2D eigenvalue weighted by atomic mass is 32.2. The van der Waals surface area contributed by atoms with Crippen LogP contribution in [0.5, 0.6) is 0 Å². The van der Waals surface area contributed by atoms with Crippen LogP contribution < -0.4 is 4.72 Å². The van der Waals surface area contributed by atoms with Crippen molar-refractivity contribution >= 4 is 15.8 Å². The van der Waals surface area contributed by atoms with Crippen LogP contribution >= 0.6 is 0 Å². The predicted molar refractivity (Wildman–Crippen MR) is 77.9 cm³/mol. The van der Waals surface area contributed by atoms with E-state index in [-0.39, 0.29) is 23.1 Å². The van der Waals surface area contributed by atoms with E-state index < -0.39 is 10.0 Å². The van der Waals surface area contributed by atoms with Gasteiger partial charge in [0.15, 0.2) is 5.78 Å². The molecule has 0 bridgehead atoms. The first kappa shape index (κ1) is 15.2. The number of nitrogens with one attached hydrogen (secondary N) is 1. The molecule has 0 heterocycles. The second-order valence-corrected chi connectivity index (χ2v) is 7.21. The highest BCUT2D eigenvalue weighted by molar-refractivity contribution is 7.89. The first-order valence-electron chi connectivity index (χ1n) is 7.08. The molecule has 20 heavy (non-hydrogen) atoms. The number of sulfonamides is 1. The highest BCUT2D eigenvalue weighted by Gasteiger charge is 2.23. The van der Waals surface area contributed by atoms with Gasteiger partial charge in [0, 0.05) is 5.92 Å². The minimum atomic E-state index is -3.58. The van der Waals surface area contributed by atoms with Crippen LogP contribution in [0.15, 0.2) is 29.2 Å². The Morgan fingerprint density at radius 3 is 2.35 bits per heavy atom. The van der Waals surface area contributed by atoms with E-state index in [0.29, 0.717) is 0 Å². The topological polar surface area (TPSA) is 63.2 Å². The summed E-state index contributed by atoms with van der Waals surface area (Å²) in [5.41, 5.74) is 1.00. The molecule has 0 amide bonds. The number of rotatable bonds is 5. The van der Waals surface area contributed by atoms with Crippen LogP contribution in [-0.4, -0.2) is 20.7 Å². The van der Waals surface area contributed by atoms with Crippen LogP contribution in [0.2, 0.25) is 0 Å². The molecule has 0 atom stereocenters. The zero-order chi connectivity index (χ0) is 14.6. The third-order valence-corrected chi connectivity index (χ3v) is 5.25. The number of ketones is 1. The fraction of sp³-hybridized carbons (Fsp3) is 0.533. The van der Waals surface area contributed by atoms with Crippen molar-refractivity contribution in [2.24, 2.45) is 5.92 Å². The summed E-state index contributed by atoms with van der Waals surface area (Å²) in [6.45, 7) is 1.80. The summed E-state index contributed by atoms with van der Waals surface area (Å²) in [5.74, 6) is 0.0462. The Morgan fingerprint density at radius 1 is 1.15 bits per heavy atom. The molecule has 1 saturated carbocycles. The average molecular weight is 295 g/mol. The van der Waals surface area contributed by atoms with Crippen LogP contribution in [0.3, 0.4) is 0 Å². The van der Waals surface area contributed by atoms with E-state index in [9.17, 15) is 13.2 Å². The Balaban J connectivity index is 1.95. The Hall–Kier alpha value is -1.20. The number of hydrogen-bond acceptors (Lipinski definition) is 3. The van der Waals surface area contributed by atoms with E-state index >= 15 is 0 Å². The maximum atomic E-state index is 12.1. The molecule has 2 rings (SSSR count). The summed E-state index contributed by atoms with van der Waals surface area (Å²) in [5, 5.41) is 0. The molecular formula is C15H21NO3S. The van der Waals surface area contributed by atoms with Crippen LogP contribution in [0.4, 0.5) is 0 Å². The smallest absolute Gasteiger partial charge is 0.240 e. The largest absolute Gasteiger partial charge is 0.298 e. The van der Waals surface area contributed by atoms with Gasteiger partial charge in [-0.25, -0.2) is 13.1 Å². The van der Waals surface area contributed by atoms with E-state index in [4.69, 9.17) is 0 Å². The highest BCUT2D eigenvalue weighted by Crippen LogP contribution is 2.24. The molecule has 1 aliphatic carbocycles. The molecule has 4 nitrogen and oxygen atoms in total. The summed E-state index contributed by atoms with van der Waals surface area (Å²) in [6.07, 6.45) is 5.11. The van der Waals surface area contributed by atoms with Gasteiger partial charge in [-0.3, -0.25) is 4.79 Å². The lowest BCUT2D eigenvalue weighted by atomic mass is 9.86. The summed E-state index contributed by atoms with van der Waals surface area (Å²) in [6, 6.07) is 6.61. The molecule has 1 fully saturated rings. The van der Waals surface area contributed by atoms with E-state index in [1.165, 1.54) is 6.42 Å². The van der Waals surface area contributed by atoms with Crippen molar-refractivity contribution in [2.75, 3.05) is 6.54 Å². The molecule has 110 valence electrons. The minimum absolute atomic E-state index is 0.0142. The molecular weight excluding hydrogens is 274 g/mol. The van der Waals surface area contributed by atoms with Gasteiger partial charge in [0.1, 0.15) is 0 Å². The lowest BCUT2D eigenvalue weighted by molar-refractivity contribution is -0.122. The Morgan fingerprint density at radius 2 is 1.75 bits per heavy atom. The first-order chi connectivity index (χ1) is 9.49. The number of aryl methyl sites for hydroxylation is 1. The maximum Gasteiger partial charge on any atom is 0.240 e. The average Bonchev–Trinajstić information content (AvgIpc) is 2.46. The third-order valence-electron chi connectivity index (χ3n) is 3.83. The summed E-state index contributed by atoms with van der Waals surface area (Å²) >= 11 is 0. The minimum Gasteiger partial charge on any atom is -0.298 e. The molecule has 1 aromatic carbocycles. The summed E-state index contributed by atoms with van der Waals surface area (Å²) < 4.78 is 26.5. The van der Waals surface area contributed by atoms with Crippen molar-refractivity contribution in [2.45, 2.75) is 43.9 Å².